The first-order valence-corrected chi connectivity index (χ1v) is 9.56. The second kappa shape index (κ2) is 8.07. The number of rotatable bonds is 6. The minimum absolute atomic E-state index is 0.186. The van der Waals surface area contributed by atoms with Crippen LogP contribution in [-0.2, 0) is 22.4 Å². The molecule has 0 spiro atoms. The first-order chi connectivity index (χ1) is 11.4. The average molecular weight is 379 g/mol. The van der Waals surface area contributed by atoms with Gasteiger partial charge < -0.3 is 10.6 Å². The van der Waals surface area contributed by atoms with E-state index in [1.807, 2.05) is 0 Å². The van der Waals surface area contributed by atoms with Gasteiger partial charge in [0.2, 0.25) is 0 Å². The lowest BCUT2D eigenvalue weighted by molar-refractivity contribution is -0.137. The molecule has 0 unspecified atom stereocenters. The normalized spacial score (nSPS) is 13.6. The Morgan fingerprint density at radius 3 is 2.12 bits per heavy atom. The van der Waals surface area contributed by atoms with Crippen LogP contribution in [0.25, 0.3) is 0 Å². The summed E-state index contributed by atoms with van der Waals surface area (Å²) < 4.78 is 59.9. The summed E-state index contributed by atoms with van der Waals surface area (Å²) in [6.07, 6.45) is -2.65. The largest absolute Gasteiger partial charge is 0.416 e. The highest BCUT2D eigenvalue weighted by Crippen LogP contribution is 2.29. The molecule has 0 radical (unpaired) electrons. The number of nitrogens with one attached hydrogen (secondary N) is 2. The van der Waals surface area contributed by atoms with E-state index in [-0.39, 0.29) is 6.54 Å². The number of benzene rings is 1. The van der Waals surface area contributed by atoms with Crippen molar-refractivity contribution in [2.75, 3.05) is 26.4 Å². The predicted octanol–water partition coefficient (Wildman–Crippen LogP) is 2.24. The lowest BCUT2D eigenvalue weighted by Gasteiger charge is -2.24. The number of hydrogen-bond acceptors (Lipinski definition) is 3. The van der Waals surface area contributed by atoms with Crippen molar-refractivity contribution in [1.29, 1.82) is 0 Å². The number of halogens is 3. The Hall–Kier alpha value is -1.77. The molecule has 0 saturated carbocycles. The highest BCUT2D eigenvalue weighted by atomic mass is 32.2. The summed E-state index contributed by atoms with van der Waals surface area (Å²) in [5.74, 6) is 0.434. The van der Waals surface area contributed by atoms with E-state index in [4.69, 9.17) is 0 Å². The van der Waals surface area contributed by atoms with Crippen molar-refractivity contribution in [1.82, 2.24) is 10.6 Å². The van der Waals surface area contributed by atoms with Crippen LogP contribution in [0.2, 0.25) is 0 Å². The van der Waals surface area contributed by atoms with Crippen LogP contribution in [0.1, 0.15) is 25.0 Å². The van der Waals surface area contributed by atoms with Gasteiger partial charge in [0.25, 0.3) is 0 Å². The number of nitrogens with zero attached hydrogens (tertiary/aromatic N) is 1. The Kier molecular flexibility index (Phi) is 6.87. The van der Waals surface area contributed by atoms with Gasteiger partial charge >= 0.3 is 6.18 Å². The Balaban J connectivity index is 2.51. The van der Waals surface area contributed by atoms with Gasteiger partial charge in [0, 0.05) is 26.4 Å². The fraction of sp³-hybridized carbons (Fsp3) is 0.562. The van der Waals surface area contributed by atoms with Crippen LogP contribution < -0.4 is 10.6 Å². The standard InChI is InChI=1S/C16H24F3N3O2S/c1-15(2,25(4,23)24)11-22-14(20-3)21-10-9-12-5-7-13(8-6-12)16(17,18)19/h5-8H,9-11H2,1-4H3,(H2,20,21,22). The highest BCUT2D eigenvalue weighted by molar-refractivity contribution is 7.92. The molecule has 1 aromatic rings. The zero-order valence-corrected chi connectivity index (χ0v) is 15.6. The molecule has 5 nitrogen and oxygen atoms in total. The van der Waals surface area contributed by atoms with E-state index < -0.39 is 26.3 Å². The summed E-state index contributed by atoms with van der Waals surface area (Å²) in [5.41, 5.74) is 0.0807. The van der Waals surface area contributed by atoms with Crippen LogP contribution in [0.3, 0.4) is 0 Å². The topological polar surface area (TPSA) is 70.6 Å². The van der Waals surface area contributed by atoms with E-state index in [9.17, 15) is 21.6 Å². The number of guanidine groups is 1. The molecule has 9 heteroatoms. The molecule has 1 aromatic carbocycles. The SMILES string of the molecule is CN=C(NCCc1ccc(C(F)(F)F)cc1)NCC(C)(C)S(C)(=O)=O. The Labute approximate surface area is 146 Å². The van der Waals surface area contributed by atoms with Crippen LogP contribution in [-0.4, -0.2) is 45.5 Å². The molecule has 2 N–H and O–H groups in total. The maximum absolute atomic E-state index is 12.5. The summed E-state index contributed by atoms with van der Waals surface area (Å²) in [6.45, 7) is 3.87. The molecule has 0 fully saturated rings. The van der Waals surface area contributed by atoms with Gasteiger partial charge in [-0.05, 0) is 38.0 Å². The molecule has 0 aromatic heterocycles. The Morgan fingerprint density at radius 2 is 1.68 bits per heavy atom. The monoisotopic (exact) mass is 379 g/mol. The van der Waals surface area contributed by atoms with Gasteiger partial charge in [-0.1, -0.05) is 12.1 Å². The summed E-state index contributed by atoms with van der Waals surface area (Å²) in [7, 11) is -1.67. The van der Waals surface area contributed by atoms with Crippen LogP contribution in [0.5, 0.6) is 0 Å². The van der Waals surface area contributed by atoms with Gasteiger partial charge in [-0.3, -0.25) is 4.99 Å². The molecule has 0 heterocycles. The molecule has 0 amide bonds. The summed E-state index contributed by atoms with van der Waals surface area (Å²) in [4.78, 5) is 4.00. The quantitative estimate of drug-likeness (QED) is 0.587. The predicted molar refractivity (Wildman–Crippen MR) is 93.4 cm³/mol. The molecule has 142 valence electrons. The summed E-state index contributed by atoms with van der Waals surface area (Å²) >= 11 is 0. The third kappa shape index (κ3) is 6.56. The number of aliphatic imine (C=N–C) groups is 1. The van der Waals surface area contributed by atoms with Gasteiger partial charge in [-0.2, -0.15) is 13.2 Å². The van der Waals surface area contributed by atoms with E-state index in [1.54, 1.807) is 20.9 Å². The first-order valence-electron chi connectivity index (χ1n) is 7.67. The van der Waals surface area contributed by atoms with Crippen molar-refractivity contribution in [2.24, 2.45) is 4.99 Å². The molecule has 0 aliphatic heterocycles. The summed E-state index contributed by atoms with van der Waals surface area (Å²) in [6, 6.07) is 4.98. The van der Waals surface area contributed by atoms with Gasteiger partial charge in [0.05, 0.1) is 10.3 Å². The molecule has 0 saturated heterocycles. The van der Waals surface area contributed by atoms with Gasteiger partial charge in [-0.25, -0.2) is 8.42 Å². The smallest absolute Gasteiger partial charge is 0.356 e. The van der Waals surface area contributed by atoms with Crippen LogP contribution in [0.15, 0.2) is 29.3 Å². The van der Waals surface area contributed by atoms with Crippen LogP contribution in [0, 0.1) is 0 Å². The van der Waals surface area contributed by atoms with Crippen molar-refractivity contribution in [2.45, 2.75) is 31.2 Å². The minimum atomic E-state index is -4.34. The van der Waals surface area contributed by atoms with Gasteiger partial charge in [0.15, 0.2) is 15.8 Å². The van der Waals surface area contributed by atoms with E-state index in [1.165, 1.54) is 18.4 Å². The third-order valence-electron chi connectivity index (χ3n) is 3.90. The van der Waals surface area contributed by atoms with E-state index in [0.717, 1.165) is 17.7 Å². The maximum atomic E-state index is 12.5. The van der Waals surface area contributed by atoms with E-state index >= 15 is 0 Å². The zero-order valence-electron chi connectivity index (χ0n) is 14.7. The number of sulfone groups is 1. The fourth-order valence-corrected chi connectivity index (χ4v) is 2.17. The lowest BCUT2D eigenvalue weighted by atomic mass is 10.1. The zero-order chi connectivity index (χ0) is 19.3. The number of alkyl halides is 3. The second-order valence-electron chi connectivity index (χ2n) is 6.33. The molecular formula is C16H24F3N3O2S. The molecule has 0 atom stereocenters. The minimum Gasteiger partial charge on any atom is -0.356 e. The number of hydrogen-bond donors (Lipinski definition) is 2. The van der Waals surface area contributed by atoms with Crippen molar-refractivity contribution in [3.8, 4) is 0 Å². The van der Waals surface area contributed by atoms with E-state index in [0.29, 0.717) is 18.9 Å². The second-order valence-corrected chi connectivity index (χ2v) is 8.98. The van der Waals surface area contributed by atoms with Gasteiger partial charge in [0.1, 0.15) is 0 Å². The van der Waals surface area contributed by atoms with Crippen molar-refractivity contribution in [3.63, 3.8) is 0 Å². The molecule has 1 rings (SSSR count). The molecule has 0 aliphatic carbocycles. The van der Waals surface area contributed by atoms with Crippen LogP contribution in [0.4, 0.5) is 13.2 Å². The summed E-state index contributed by atoms with van der Waals surface area (Å²) in [5, 5.41) is 5.95. The Bertz CT molecular complexity index is 696. The molecular weight excluding hydrogens is 355 g/mol. The third-order valence-corrected chi connectivity index (χ3v) is 6.05. The van der Waals surface area contributed by atoms with Crippen molar-refractivity contribution >= 4 is 15.8 Å². The highest BCUT2D eigenvalue weighted by Gasteiger charge is 2.30. The van der Waals surface area contributed by atoms with Crippen LogP contribution >= 0.6 is 0 Å². The first kappa shape index (κ1) is 21.3. The van der Waals surface area contributed by atoms with Crippen molar-refractivity contribution in [3.05, 3.63) is 35.4 Å². The van der Waals surface area contributed by atoms with E-state index in [2.05, 4.69) is 15.6 Å². The molecule has 25 heavy (non-hydrogen) atoms. The lowest BCUT2D eigenvalue weighted by Crippen LogP contribution is -2.48. The average Bonchev–Trinajstić information content (AvgIpc) is 2.49. The fourth-order valence-electron chi connectivity index (χ4n) is 1.83. The molecule has 0 bridgehead atoms. The maximum Gasteiger partial charge on any atom is 0.416 e. The van der Waals surface area contributed by atoms with Gasteiger partial charge in [-0.15, -0.1) is 0 Å². The molecule has 0 aliphatic rings. The van der Waals surface area contributed by atoms with Crippen molar-refractivity contribution < 1.29 is 21.6 Å². The Morgan fingerprint density at radius 1 is 1.12 bits per heavy atom.